The average molecular weight is 576 g/mol. The molecule has 1 aliphatic rings. The van der Waals surface area contributed by atoms with Gasteiger partial charge >= 0.3 is 0 Å². The minimum atomic E-state index is -1.49. The molecule has 0 radical (unpaired) electrons. The smallest absolute Gasteiger partial charge is 0.253 e. The summed E-state index contributed by atoms with van der Waals surface area (Å²) in [5.41, 5.74) is 1.45. The number of nitrogens with one attached hydrogen (secondary N) is 1. The quantitative estimate of drug-likeness (QED) is 0.276. The van der Waals surface area contributed by atoms with Crippen molar-refractivity contribution in [1.82, 2.24) is 15.1 Å². The second-order valence-electron chi connectivity index (χ2n) is 11.0. The number of nitrogens with zero attached hydrogens (tertiary/aromatic N) is 2. The first-order valence-corrected chi connectivity index (χ1v) is 14.4. The van der Waals surface area contributed by atoms with Crippen LogP contribution in [0, 0.1) is 18.6 Å². The second-order valence-corrected chi connectivity index (χ2v) is 11.0. The molecule has 1 heterocycles. The molecule has 2 aromatic carbocycles. The fraction of sp³-hybridized carbons (Fsp3) is 0.548. The van der Waals surface area contributed by atoms with E-state index in [1.54, 1.807) is 24.0 Å². The van der Waals surface area contributed by atoms with Gasteiger partial charge in [-0.25, -0.2) is 8.78 Å². The molecule has 41 heavy (non-hydrogen) atoms. The van der Waals surface area contributed by atoms with Crippen LogP contribution in [0.25, 0.3) is 0 Å². The Morgan fingerprint density at radius 3 is 2.27 bits per heavy atom. The number of hydrogen-bond donors (Lipinski definition) is 4. The lowest BCUT2D eigenvalue weighted by Crippen LogP contribution is -2.53. The van der Waals surface area contributed by atoms with E-state index in [-0.39, 0.29) is 42.6 Å². The van der Waals surface area contributed by atoms with Crippen LogP contribution >= 0.6 is 0 Å². The van der Waals surface area contributed by atoms with E-state index >= 15 is 0 Å². The second kappa shape index (κ2) is 15.3. The molecule has 2 amide bonds. The van der Waals surface area contributed by atoms with Crippen LogP contribution in [-0.4, -0.2) is 94.0 Å². The zero-order valence-electron chi connectivity index (χ0n) is 24.2. The molecule has 1 aliphatic heterocycles. The fourth-order valence-electron chi connectivity index (χ4n) is 5.53. The standard InChI is InChI=1S/C31H43F2N3O5/c1-4-8-35(9-5-2)31(41)23-12-20(3)11-22(16-23)30(40)34-27(15-21-13-24(32)17-25(33)14-21)29(39)28(38)18-36-10-6-7-26(36)19-37/h11-14,16-17,26-29,37-39H,4-10,15,18-19H2,1-3H3,(H,34,40)/t26-,27-,28-,29-/m0/s1. The van der Waals surface area contributed by atoms with Gasteiger partial charge in [-0.2, -0.15) is 0 Å². The van der Waals surface area contributed by atoms with Gasteiger partial charge in [-0.3, -0.25) is 14.5 Å². The number of β-amino-alcohol motifs (C(OH)–C–C–N with tert-alkyl or cyclic N) is 1. The van der Waals surface area contributed by atoms with Crippen LogP contribution in [-0.2, 0) is 6.42 Å². The molecule has 0 bridgehead atoms. The first-order chi connectivity index (χ1) is 19.6. The minimum absolute atomic E-state index is 0.0596. The molecular formula is C31H43F2N3O5. The molecule has 0 aromatic heterocycles. The van der Waals surface area contributed by atoms with E-state index in [1.165, 1.54) is 6.07 Å². The Balaban J connectivity index is 1.86. The topological polar surface area (TPSA) is 113 Å². The molecule has 0 saturated carbocycles. The largest absolute Gasteiger partial charge is 0.395 e. The molecule has 0 spiro atoms. The normalized spacial score (nSPS) is 17.7. The number of hydrogen-bond acceptors (Lipinski definition) is 6. The predicted molar refractivity (Wildman–Crippen MR) is 153 cm³/mol. The number of amides is 2. The summed E-state index contributed by atoms with van der Waals surface area (Å²) in [4.78, 5) is 30.3. The third kappa shape index (κ3) is 9.03. The Bertz CT molecular complexity index is 1150. The lowest BCUT2D eigenvalue weighted by atomic mass is 9.96. The predicted octanol–water partition coefficient (Wildman–Crippen LogP) is 3.06. The van der Waals surface area contributed by atoms with Gasteiger partial charge in [-0.05, 0) is 87.0 Å². The van der Waals surface area contributed by atoms with Gasteiger partial charge in [0.25, 0.3) is 11.8 Å². The number of aryl methyl sites for hydroxylation is 1. The molecule has 10 heteroatoms. The van der Waals surface area contributed by atoms with Crippen molar-refractivity contribution >= 4 is 11.8 Å². The zero-order chi connectivity index (χ0) is 30.1. The van der Waals surface area contributed by atoms with Crippen LogP contribution < -0.4 is 5.32 Å². The van der Waals surface area contributed by atoms with Gasteiger partial charge in [0.2, 0.25) is 0 Å². The van der Waals surface area contributed by atoms with Crippen molar-refractivity contribution in [3.63, 3.8) is 0 Å². The fourth-order valence-corrected chi connectivity index (χ4v) is 5.53. The van der Waals surface area contributed by atoms with Crippen LogP contribution in [0.3, 0.4) is 0 Å². The molecule has 0 aliphatic carbocycles. The summed E-state index contributed by atoms with van der Waals surface area (Å²) in [5, 5.41) is 34.5. The zero-order valence-corrected chi connectivity index (χ0v) is 24.2. The van der Waals surface area contributed by atoms with Gasteiger partial charge in [0, 0.05) is 42.9 Å². The average Bonchev–Trinajstić information content (AvgIpc) is 3.37. The molecule has 4 atom stereocenters. The highest BCUT2D eigenvalue weighted by atomic mass is 19.1. The van der Waals surface area contributed by atoms with Gasteiger partial charge in [-0.1, -0.05) is 13.8 Å². The highest BCUT2D eigenvalue weighted by Gasteiger charge is 2.33. The van der Waals surface area contributed by atoms with Crippen LogP contribution in [0.5, 0.6) is 0 Å². The summed E-state index contributed by atoms with van der Waals surface area (Å²) < 4.78 is 27.9. The Morgan fingerprint density at radius 2 is 1.66 bits per heavy atom. The summed E-state index contributed by atoms with van der Waals surface area (Å²) in [7, 11) is 0. The number of aliphatic hydroxyl groups excluding tert-OH is 3. The number of rotatable bonds is 14. The number of likely N-dealkylation sites (tertiary alicyclic amines) is 1. The molecule has 226 valence electrons. The third-order valence-electron chi connectivity index (χ3n) is 7.49. The summed E-state index contributed by atoms with van der Waals surface area (Å²) in [6.07, 6.45) is 0.260. The van der Waals surface area contributed by atoms with Crippen molar-refractivity contribution in [3.05, 3.63) is 70.3 Å². The molecule has 1 saturated heterocycles. The van der Waals surface area contributed by atoms with E-state index in [2.05, 4.69) is 5.32 Å². The lowest BCUT2D eigenvalue weighted by Gasteiger charge is -2.32. The molecule has 0 unspecified atom stereocenters. The van der Waals surface area contributed by atoms with Gasteiger partial charge in [-0.15, -0.1) is 0 Å². The van der Waals surface area contributed by atoms with Crippen molar-refractivity contribution in [2.45, 2.75) is 77.2 Å². The number of aliphatic hydroxyl groups is 3. The van der Waals surface area contributed by atoms with E-state index in [0.717, 1.165) is 43.9 Å². The summed E-state index contributed by atoms with van der Waals surface area (Å²) in [5.74, 6) is -2.37. The molecule has 2 aromatic rings. The maximum absolute atomic E-state index is 14.0. The summed E-state index contributed by atoms with van der Waals surface area (Å²) in [6, 6.07) is 6.56. The Labute approximate surface area is 241 Å². The Kier molecular flexibility index (Phi) is 12.2. The molecule has 8 nitrogen and oxygen atoms in total. The lowest BCUT2D eigenvalue weighted by molar-refractivity contribution is -0.0253. The molecule has 4 N–H and O–H groups in total. The highest BCUT2D eigenvalue weighted by Crippen LogP contribution is 2.20. The number of carbonyl (C=O) groups excluding carboxylic acids is 2. The van der Waals surface area contributed by atoms with Crippen LogP contribution in [0.2, 0.25) is 0 Å². The summed E-state index contributed by atoms with van der Waals surface area (Å²) >= 11 is 0. The molecule has 3 rings (SSSR count). The van der Waals surface area contributed by atoms with Gasteiger partial charge in [0.1, 0.15) is 17.7 Å². The Morgan fingerprint density at radius 1 is 1.02 bits per heavy atom. The van der Waals surface area contributed by atoms with E-state index in [4.69, 9.17) is 0 Å². The van der Waals surface area contributed by atoms with E-state index < -0.39 is 35.8 Å². The first kappa shape index (κ1) is 32.6. The van der Waals surface area contributed by atoms with Crippen molar-refractivity contribution in [1.29, 1.82) is 0 Å². The van der Waals surface area contributed by atoms with Gasteiger partial charge < -0.3 is 25.5 Å². The SMILES string of the molecule is CCCN(CCC)C(=O)c1cc(C)cc(C(=O)N[C@@H](Cc2cc(F)cc(F)c2)[C@H](O)[C@@H](O)CN2CCC[C@H]2CO)c1. The van der Waals surface area contributed by atoms with Crippen LogP contribution in [0.4, 0.5) is 8.78 Å². The van der Waals surface area contributed by atoms with E-state index in [9.17, 15) is 33.7 Å². The maximum atomic E-state index is 14.0. The molecule has 1 fully saturated rings. The highest BCUT2D eigenvalue weighted by molar-refractivity contribution is 6.00. The minimum Gasteiger partial charge on any atom is -0.395 e. The van der Waals surface area contributed by atoms with Crippen molar-refractivity contribution in [2.75, 3.05) is 32.8 Å². The van der Waals surface area contributed by atoms with Crippen molar-refractivity contribution in [2.24, 2.45) is 0 Å². The van der Waals surface area contributed by atoms with Crippen molar-refractivity contribution < 1.29 is 33.7 Å². The first-order valence-electron chi connectivity index (χ1n) is 14.4. The number of benzene rings is 2. The van der Waals surface area contributed by atoms with Gasteiger partial charge in [0.15, 0.2) is 0 Å². The van der Waals surface area contributed by atoms with Crippen LogP contribution in [0.15, 0.2) is 36.4 Å². The molecular weight excluding hydrogens is 532 g/mol. The third-order valence-corrected chi connectivity index (χ3v) is 7.49. The number of halogens is 2. The monoisotopic (exact) mass is 575 g/mol. The number of carbonyl (C=O) groups is 2. The van der Waals surface area contributed by atoms with E-state index in [0.29, 0.717) is 30.8 Å². The Hall–Kier alpha value is -2.92. The van der Waals surface area contributed by atoms with Crippen LogP contribution in [0.1, 0.15) is 71.4 Å². The van der Waals surface area contributed by atoms with E-state index in [1.807, 2.05) is 18.7 Å². The van der Waals surface area contributed by atoms with Crippen molar-refractivity contribution in [3.8, 4) is 0 Å². The maximum Gasteiger partial charge on any atom is 0.253 e. The van der Waals surface area contributed by atoms with Gasteiger partial charge in [0.05, 0.1) is 18.8 Å². The summed E-state index contributed by atoms with van der Waals surface area (Å²) in [6.45, 7) is 7.56.